The molecule has 3 nitrogen and oxygen atoms in total. The number of unbranched alkanes of at least 4 members (excludes halogenated alkanes) is 3. The maximum absolute atomic E-state index is 5.67. The topological polar surface area (TPSA) is 34.1 Å². The van der Waals surface area contributed by atoms with Gasteiger partial charge in [0.05, 0.1) is 18.5 Å². The van der Waals surface area contributed by atoms with Crippen molar-refractivity contribution >= 4 is 0 Å². The normalized spacial score (nSPS) is 14.3. The predicted octanol–water partition coefficient (Wildman–Crippen LogP) is 3.46. The molecule has 0 aromatic carbocycles. The minimum Gasteiger partial charge on any atom is -0.492 e. The lowest BCUT2D eigenvalue weighted by molar-refractivity contribution is 0.304. The van der Waals surface area contributed by atoms with Gasteiger partial charge in [-0.2, -0.15) is 0 Å². The molecule has 0 radical (unpaired) electrons. The number of aromatic nitrogens is 1. The minimum absolute atomic E-state index is 0.730. The first-order valence-electron chi connectivity index (χ1n) is 7.30. The van der Waals surface area contributed by atoms with Crippen molar-refractivity contribution in [3.05, 3.63) is 36.7 Å². The van der Waals surface area contributed by atoms with Crippen LogP contribution in [0.15, 0.2) is 31.0 Å². The summed E-state index contributed by atoms with van der Waals surface area (Å²) in [7, 11) is 0. The van der Waals surface area contributed by atoms with E-state index in [9.17, 15) is 0 Å². The van der Waals surface area contributed by atoms with Gasteiger partial charge < -0.3 is 10.1 Å². The molecule has 1 heterocycles. The zero-order valence-corrected chi connectivity index (χ0v) is 11.6. The highest BCUT2D eigenvalue weighted by molar-refractivity contribution is 5.19. The molecule has 0 saturated heterocycles. The van der Waals surface area contributed by atoms with Gasteiger partial charge in [-0.15, -0.1) is 6.58 Å². The molecular weight excluding hydrogens is 236 g/mol. The van der Waals surface area contributed by atoms with E-state index in [1.54, 1.807) is 0 Å². The first-order valence-corrected chi connectivity index (χ1v) is 7.30. The van der Waals surface area contributed by atoms with Crippen LogP contribution in [0.25, 0.3) is 0 Å². The number of allylic oxidation sites excluding steroid dienone is 1. The Bertz CT molecular complexity index is 371. The van der Waals surface area contributed by atoms with Gasteiger partial charge >= 0.3 is 0 Å². The van der Waals surface area contributed by atoms with Crippen LogP contribution in [0.4, 0.5) is 0 Å². The smallest absolute Gasteiger partial charge is 0.137 e. The first kappa shape index (κ1) is 14.1. The summed E-state index contributed by atoms with van der Waals surface area (Å²) in [6.45, 7) is 5.36. The Morgan fingerprint density at radius 2 is 2.21 bits per heavy atom. The zero-order chi connectivity index (χ0) is 13.3. The Hall–Kier alpha value is -1.35. The zero-order valence-electron chi connectivity index (χ0n) is 11.6. The summed E-state index contributed by atoms with van der Waals surface area (Å²) in [6, 6.07) is 4.79. The van der Waals surface area contributed by atoms with Gasteiger partial charge in [0.15, 0.2) is 0 Å². The summed E-state index contributed by atoms with van der Waals surface area (Å²) in [5, 5.41) is 3.45. The van der Waals surface area contributed by atoms with E-state index in [4.69, 9.17) is 4.74 Å². The number of ether oxygens (including phenoxy) is 1. The Balaban J connectivity index is 1.59. The van der Waals surface area contributed by atoms with Gasteiger partial charge in [0, 0.05) is 12.6 Å². The summed E-state index contributed by atoms with van der Waals surface area (Å²) in [5.41, 5.74) is 1.09. The minimum atomic E-state index is 0.730. The van der Waals surface area contributed by atoms with Crippen molar-refractivity contribution in [2.75, 3.05) is 6.61 Å². The number of nitrogens with zero attached hydrogens (tertiary/aromatic N) is 1. The van der Waals surface area contributed by atoms with Gasteiger partial charge in [-0.05, 0) is 50.7 Å². The van der Waals surface area contributed by atoms with Gasteiger partial charge in [-0.25, -0.2) is 0 Å². The van der Waals surface area contributed by atoms with Crippen LogP contribution in [-0.4, -0.2) is 17.6 Å². The second-order valence-electron chi connectivity index (χ2n) is 5.13. The molecule has 0 amide bonds. The predicted molar refractivity (Wildman–Crippen MR) is 78.3 cm³/mol. The Morgan fingerprint density at radius 3 is 2.89 bits per heavy atom. The average molecular weight is 260 g/mol. The molecule has 0 unspecified atom stereocenters. The molecule has 2 rings (SSSR count). The molecule has 19 heavy (non-hydrogen) atoms. The van der Waals surface area contributed by atoms with Crippen molar-refractivity contribution in [3.8, 4) is 5.75 Å². The lowest BCUT2D eigenvalue weighted by Gasteiger charge is -2.07. The molecule has 104 valence electrons. The van der Waals surface area contributed by atoms with Gasteiger partial charge in [-0.1, -0.05) is 6.08 Å². The van der Waals surface area contributed by atoms with Crippen LogP contribution in [0.1, 0.15) is 44.2 Å². The fraction of sp³-hybridized carbons (Fsp3) is 0.562. The van der Waals surface area contributed by atoms with Gasteiger partial charge in [0.25, 0.3) is 0 Å². The molecule has 0 bridgehead atoms. The second-order valence-corrected chi connectivity index (χ2v) is 5.13. The molecular formula is C16H24N2O. The SMILES string of the molecule is C=CCCCCCOc1ccc(CNC2CC2)nc1. The third kappa shape index (κ3) is 5.88. The number of nitrogens with one attached hydrogen (secondary N) is 1. The summed E-state index contributed by atoms with van der Waals surface area (Å²) in [6.07, 6.45) is 11.0. The highest BCUT2D eigenvalue weighted by Crippen LogP contribution is 2.19. The van der Waals surface area contributed by atoms with E-state index >= 15 is 0 Å². The third-order valence-electron chi connectivity index (χ3n) is 3.27. The van der Waals surface area contributed by atoms with E-state index < -0.39 is 0 Å². The van der Waals surface area contributed by atoms with Crippen molar-refractivity contribution < 1.29 is 4.74 Å². The maximum Gasteiger partial charge on any atom is 0.137 e. The number of hydrogen-bond acceptors (Lipinski definition) is 3. The fourth-order valence-corrected chi connectivity index (χ4v) is 1.89. The van der Waals surface area contributed by atoms with Crippen LogP contribution < -0.4 is 10.1 Å². The number of hydrogen-bond donors (Lipinski definition) is 1. The second kappa shape index (κ2) is 7.95. The molecule has 1 aromatic heterocycles. The van der Waals surface area contributed by atoms with Crippen LogP contribution in [0.5, 0.6) is 5.75 Å². The number of rotatable bonds is 10. The van der Waals surface area contributed by atoms with Crippen LogP contribution >= 0.6 is 0 Å². The number of pyridine rings is 1. The molecule has 1 aromatic rings. The highest BCUT2D eigenvalue weighted by atomic mass is 16.5. The fourth-order valence-electron chi connectivity index (χ4n) is 1.89. The lowest BCUT2D eigenvalue weighted by Crippen LogP contribution is -2.16. The molecule has 0 aliphatic heterocycles. The molecule has 0 spiro atoms. The van der Waals surface area contributed by atoms with Crippen molar-refractivity contribution in [1.29, 1.82) is 0 Å². The Morgan fingerprint density at radius 1 is 1.32 bits per heavy atom. The van der Waals surface area contributed by atoms with E-state index in [0.29, 0.717) is 0 Å². The monoisotopic (exact) mass is 260 g/mol. The molecule has 1 saturated carbocycles. The maximum atomic E-state index is 5.67. The van der Waals surface area contributed by atoms with E-state index in [0.717, 1.165) is 43.5 Å². The van der Waals surface area contributed by atoms with Crippen molar-refractivity contribution in [2.24, 2.45) is 0 Å². The lowest BCUT2D eigenvalue weighted by atomic mass is 10.2. The third-order valence-corrected chi connectivity index (χ3v) is 3.27. The molecule has 1 aliphatic carbocycles. The Labute approximate surface area is 116 Å². The van der Waals surface area contributed by atoms with Crippen LogP contribution in [0.2, 0.25) is 0 Å². The Kier molecular flexibility index (Phi) is 5.89. The largest absolute Gasteiger partial charge is 0.492 e. The molecule has 1 aliphatic rings. The van der Waals surface area contributed by atoms with Crippen LogP contribution in [-0.2, 0) is 6.54 Å². The van der Waals surface area contributed by atoms with E-state index in [1.807, 2.05) is 24.4 Å². The average Bonchev–Trinajstić information content (AvgIpc) is 3.26. The van der Waals surface area contributed by atoms with Crippen molar-refractivity contribution in [3.63, 3.8) is 0 Å². The summed E-state index contributed by atoms with van der Waals surface area (Å²) >= 11 is 0. The van der Waals surface area contributed by atoms with Gasteiger partial charge in [0.2, 0.25) is 0 Å². The van der Waals surface area contributed by atoms with Gasteiger partial charge in [-0.3, -0.25) is 4.98 Å². The molecule has 1 N–H and O–H groups in total. The van der Waals surface area contributed by atoms with Crippen molar-refractivity contribution in [2.45, 2.75) is 51.1 Å². The molecule has 3 heteroatoms. The van der Waals surface area contributed by atoms with E-state index in [-0.39, 0.29) is 0 Å². The van der Waals surface area contributed by atoms with Crippen LogP contribution in [0.3, 0.4) is 0 Å². The van der Waals surface area contributed by atoms with E-state index in [1.165, 1.54) is 25.7 Å². The van der Waals surface area contributed by atoms with Crippen molar-refractivity contribution in [1.82, 2.24) is 10.3 Å². The van der Waals surface area contributed by atoms with E-state index in [2.05, 4.69) is 16.9 Å². The van der Waals surface area contributed by atoms with Gasteiger partial charge in [0.1, 0.15) is 5.75 Å². The summed E-state index contributed by atoms with van der Waals surface area (Å²) in [5.74, 6) is 0.874. The first-order chi connectivity index (χ1) is 9.38. The summed E-state index contributed by atoms with van der Waals surface area (Å²) < 4.78 is 5.67. The highest BCUT2D eigenvalue weighted by Gasteiger charge is 2.19. The standard InChI is InChI=1S/C16H24N2O/c1-2-3-4-5-6-11-19-16-10-9-15(18-13-16)12-17-14-7-8-14/h2,9-10,13-14,17H,1,3-8,11-12H2. The summed E-state index contributed by atoms with van der Waals surface area (Å²) in [4.78, 5) is 4.41. The van der Waals surface area contributed by atoms with Crippen LogP contribution in [0, 0.1) is 0 Å². The molecule has 0 atom stereocenters. The molecule has 1 fully saturated rings. The quantitative estimate of drug-likeness (QED) is 0.517.